The van der Waals surface area contributed by atoms with Gasteiger partial charge in [-0.05, 0) is 46.3 Å². The lowest BCUT2D eigenvalue weighted by Crippen LogP contribution is -2.16. The molecular weight excluding hydrogens is 384 g/mol. The van der Waals surface area contributed by atoms with Crippen molar-refractivity contribution in [2.45, 2.75) is 0 Å². The Morgan fingerprint density at radius 3 is 2.26 bits per heavy atom. The van der Waals surface area contributed by atoms with Crippen LogP contribution < -0.4 is 5.32 Å². The Morgan fingerprint density at radius 2 is 1.68 bits per heavy atom. The van der Waals surface area contributed by atoms with Gasteiger partial charge in [-0.2, -0.15) is 0 Å². The number of amides is 1. The lowest BCUT2D eigenvalue weighted by molar-refractivity contribution is 0.101. The highest BCUT2D eigenvalue weighted by Gasteiger charge is 2.17. The molecule has 2 aromatic carbocycles. The van der Waals surface area contributed by atoms with Crippen molar-refractivity contribution >= 4 is 43.5 Å². The van der Waals surface area contributed by atoms with E-state index in [2.05, 4.69) is 37.2 Å². The van der Waals surface area contributed by atoms with Crippen molar-refractivity contribution in [1.29, 1.82) is 0 Å². The van der Waals surface area contributed by atoms with Crippen LogP contribution in [0.5, 0.6) is 0 Å². The summed E-state index contributed by atoms with van der Waals surface area (Å²) in [5.74, 6) is -2.63. The number of benzene rings is 2. The van der Waals surface area contributed by atoms with Crippen molar-refractivity contribution < 1.29 is 13.6 Å². The smallest absolute Gasteiger partial charge is 0.261 e. The number of hydrogen-bond donors (Lipinski definition) is 1. The standard InChI is InChI=1S/C13H7Br2F2NO/c14-7-4-5-11(8(15)6-7)18-13(19)12-9(16)2-1-3-10(12)17/h1-6H,(H,18,19). The molecule has 6 heteroatoms. The van der Waals surface area contributed by atoms with Crippen molar-refractivity contribution in [3.63, 3.8) is 0 Å². The van der Waals surface area contributed by atoms with Gasteiger partial charge in [-0.15, -0.1) is 0 Å². The highest BCUT2D eigenvalue weighted by molar-refractivity contribution is 9.11. The molecule has 0 aliphatic carbocycles. The van der Waals surface area contributed by atoms with Crippen LogP contribution in [0.3, 0.4) is 0 Å². The predicted molar refractivity (Wildman–Crippen MR) is 76.2 cm³/mol. The Bertz CT molecular complexity index is 626. The third-order valence-corrected chi connectivity index (χ3v) is 3.52. The molecule has 0 saturated heterocycles. The van der Waals surface area contributed by atoms with E-state index in [0.29, 0.717) is 10.2 Å². The first-order valence-electron chi connectivity index (χ1n) is 5.19. The number of carbonyl (C=O) groups excluding carboxylic acids is 1. The van der Waals surface area contributed by atoms with Crippen molar-refractivity contribution in [1.82, 2.24) is 0 Å². The summed E-state index contributed by atoms with van der Waals surface area (Å²) in [5.41, 5.74) is -0.173. The maximum Gasteiger partial charge on any atom is 0.261 e. The largest absolute Gasteiger partial charge is 0.321 e. The average molecular weight is 391 g/mol. The van der Waals surface area contributed by atoms with Crippen LogP contribution >= 0.6 is 31.9 Å². The second-order valence-corrected chi connectivity index (χ2v) is 5.44. The molecule has 2 rings (SSSR count). The molecular formula is C13H7Br2F2NO. The van der Waals surface area contributed by atoms with Gasteiger partial charge in [-0.1, -0.05) is 22.0 Å². The minimum Gasteiger partial charge on any atom is -0.321 e. The quantitative estimate of drug-likeness (QED) is 0.788. The van der Waals surface area contributed by atoms with E-state index >= 15 is 0 Å². The summed E-state index contributed by atoms with van der Waals surface area (Å²) in [6.07, 6.45) is 0. The van der Waals surface area contributed by atoms with Gasteiger partial charge < -0.3 is 5.32 Å². The molecule has 0 aromatic heterocycles. The summed E-state index contributed by atoms with van der Waals surface area (Å²) in [7, 11) is 0. The van der Waals surface area contributed by atoms with Gasteiger partial charge in [0.15, 0.2) is 0 Å². The SMILES string of the molecule is O=C(Nc1ccc(Br)cc1Br)c1c(F)cccc1F. The van der Waals surface area contributed by atoms with E-state index in [1.54, 1.807) is 18.2 Å². The molecule has 0 spiro atoms. The van der Waals surface area contributed by atoms with Crippen LogP contribution in [0, 0.1) is 11.6 Å². The number of hydrogen-bond acceptors (Lipinski definition) is 1. The Kier molecular flexibility index (Phi) is 4.31. The van der Waals surface area contributed by atoms with Gasteiger partial charge in [-0.25, -0.2) is 8.78 Å². The summed E-state index contributed by atoms with van der Waals surface area (Å²) in [4.78, 5) is 11.9. The van der Waals surface area contributed by atoms with Gasteiger partial charge in [0.25, 0.3) is 5.91 Å². The third-order valence-electron chi connectivity index (χ3n) is 2.37. The Hall–Kier alpha value is -1.27. The van der Waals surface area contributed by atoms with Gasteiger partial charge in [-0.3, -0.25) is 4.79 Å². The molecule has 0 fully saturated rings. The van der Waals surface area contributed by atoms with Gasteiger partial charge in [0.2, 0.25) is 0 Å². The average Bonchev–Trinajstić information content (AvgIpc) is 2.32. The molecule has 0 aliphatic rings. The molecule has 0 aliphatic heterocycles. The van der Waals surface area contributed by atoms with E-state index in [0.717, 1.165) is 16.6 Å². The third kappa shape index (κ3) is 3.19. The van der Waals surface area contributed by atoms with Crippen LogP contribution in [0.2, 0.25) is 0 Å². The molecule has 2 nitrogen and oxygen atoms in total. The van der Waals surface area contributed by atoms with E-state index in [1.807, 2.05) is 0 Å². The van der Waals surface area contributed by atoms with Gasteiger partial charge in [0.1, 0.15) is 17.2 Å². The summed E-state index contributed by atoms with van der Waals surface area (Å²) < 4.78 is 28.3. The van der Waals surface area contributed by atoms with E-state index in [-0.39, 0.29) is 0 Å². The first kappa shape index (κ1) is 14.1. The molecule has 19 heavy (non-hydrogen) atoms. The molecule has 0 unspecified atom stereocenters. The molecule has 0 heterocycles. The number of anilines is 1. The molecule has 0 atom stereocenters. The van der Waals surface area contributed by atoms with Gasteiger partial charge >= 0.3 is 0 Å². The highest BCUT2D eigenvalue weighted by atomic mass is 79.9. The summed E-state index contributed by atoms with van der Waals surface area (Å²) in [6, 6.07) is 8.32. The molecule has 0 radical (unpaired) electrons. The fraction of sp³-hybridized carbons (Fsp3) is 0. The molecule has 98 valence electrons. The molecule has 1 N–H and O–H groups in total. The predicted octanol–water partition coefficient (Wildman–Crippen LogP) is 4.74. The molecule has 0 saturated carbocycles. The van der Waals surface area contributed by atoms with E-state index in [1.165, 1.54) is 6.07 Å². The van der Waals surface area contributed by atoms with Crippen molar-refractivity contribution in [2.75, 3.05) is 5.32 Å². The zero-order chi connectivity index (χ0) is 14.0. The van der Waals surface area contributed by atoms with Crippen LogP contribution in [0.25, 0.3) is 0 Å². The van der Waals surface area contributed by atoms with Crippen LogP contribution in [-0.2, 0) is 0 Å². The minimum absolute atomic E-state index is 0.427. The Balaban J connectivity index is 2.31. The monoisotopic (exact) mass is 389 g/mol. The van der Waals surface area contributed by atoms with Crippen molar-refractivity contribution in [3.05, 3.63) is 62.5 Å². The molecule has 0 bridgehead atoms. The first-order chi connectivity index (χ1) is 8.99. The summed E-state index contributed by atoms with van der Waals surface area (Å²) in [5, 5.41) is 2.45. The highest BCUT2D eigenvalue weighted by Crippen LogP contribution is 2.27. The first-order valence-corrected chi connectivity index (χ1v) is 6.78. The lowest BCUT2D eigenvalue weighted by Gasteiger charge is -2.09. The maximum atomic E-state index is 13.4. The zero-order valence-corrected chi connectivity index (χ0v) is 12.6. The molecule has 2 aromatic rings. The van der Waals surface area contributed by atoms with Crippen LogP contribution in [-0.4, -0.2) is 5.91 Å². The second-order valence-electron chi connectivity index (χ2n) is 3.67. The van der Waals surface area contributed by atoms with Crippen LogP contribution in [0.1, 0.15) is 10.4 Å². The van der Waals surface area contributed by atoms with Crippen LogP contribution in [0.15, 0.2) is 45.3 Å². The maximum absolute atomic E-state index is 13.4. The van der Waals surface area contributed by atoms with E-state index < -0.39 is 23.1 Å². The van der Waals surface area contributed by atoms with Crippen molar-refractivity contribution in [2.24, 2.45) is 0 Å². The Labute approximate surface area is 125 Å². The van der Waals surface area contributed by atoms with Crippen LogP contribution in [0.4, 0.5) is 14.5 Å². The lowest BCUT2D eigenvalue weighted by atomic mass is 10.2. The summed E-state index contributed by atoms with van der Waals surface area (Å²) in [6.45, 7) is 0. The zero-order valence-electron chi connectivity index (χ0n) is 9.38. The Morgan fingerprint density at radius 1 is 1.05 bits per heavy atom. The fourth-order valence-electron chi connectivity index (χ4n) is 1.49. The van der Waals surface area contributed by atoms with E-state index in [4.69, 9.17) is 0 Å². The number of carbonyl (C=O) groups is 1. The number of rotatable bonds is 2. The van der Waals surface area contributed by atoms with Gasteiger partial charge in [0, 0.05) is 8.95 Å². The molecule has 1 amide bonds. The topological polar surface area (TPSA) is 29.1 Å². The summed E-state index contributed by atoms with van der Waals surface area (Å²) >= 11 is 6.52. The van der Waals surface area contributed by atoms with Crippen molar-refractivity contribution in [3.8, 4) is 0 Å². The number of halogens is 4. The number of nitrogens with one attached hydrogen (secondary N) is 1. The van der Waals surface area contributed by atoms with Gasteiger partial charge in [0.05, 0.1) is 5.69 Å². The van der Waals surface area contributed by atoms with E-state index in [9.17, 15) is 13.6 Å². The normalized spacial score (nSPS) is 10.3. The fourth-order valence-corrected chi connectivity index (χ4v) is 2.64. The minimum atomic E-state index is -0.897. The second kappa shape index (κ2) is 5.79.